The molecule has 0 saturated carbocycles. The van der Waals surface area contributed by atoms with Crippen molar-refractivity contribution >= 4 is 10.1 Å². The molecule has 0 aliphatic rings. The molecule has 0 rings (SSSR count). The van der Waals surface area contributed by atoms with Crippen LogP contribution < -0.4 is 0 Å². The zero-order valence-electron chi connectivity index (χ0n) is 23.4. The van der Waals surface area contributed by atoms with Gasteiger partial charge in [0.15, 0.2) is 16.3 Å². The van der Waals surface area contributed by atoms with Crippen LogP contribution in [0.25, 0.3) is 0 Å². The Kier molecular flexibility index (Phi) is 13.2. The van der Waals surface area contributed by atoms with Gasteiger partial charge in [0.25, 0.3) is 0 Å². The lowest BCUT2D eigenvalue weighted by molar-refractivity contribution is -0.921. The van der Waals surface area contributed by atoms with E-state index in [1.165, 1.54) is 30.7 Å². The molecule has 0 aliphatic heterocycles. The van der Waals surface area contributed by atoms with Gasteiger partial charge < -0.3 is 9.04 Å². The van der Waals surface area contributed by atoms with Crippen LogP contribution in [0.15, 0.2) is 0 Å². The van der Waals surface area contributed by atoms with E-state index in [0.717, 1.165) is 0 Å². The number of quaternary nitrogens is 1. The second-order valence-corrected chi connectivity index (χ2v) is 10.8. The summed E-state index contributed by atoms with van der Waals surface area (Å²) in [6.07, 6.45) is -4.75. The van der Waals surface area contributed by atoms with Crippen LogP contribution in [0.5, 0.6) is 0 Å². The van der Waals surface area contributed by atoms with E-state index in [2.05, 4.69) is 27.7 Å². The van der Waals surface area contributed by atoms with Crippen molar-refractivity contribution < 1.29 is 110 Å². The number of rotatable bonds is 15. The Hall–Kier alpha value is -1.60. The van der Waals surface area contributed by atoms with Gasteiger partial charge >= 0.3 is 58.6 Å². The van der Waals surface area contributed by atoms with E-state index in [-0.39, 0.29) is 0 Å². The third-order valence-electron chi connectivity index (χ3n) is 7.04. The van der Waals surface area contributed by atoms with Crippen molar-refractivity contribution in [2.24, 2.45) is 0 Å². The minimum Gasteiger partial charge on any atom is -0.743 e. The molecule has 0 heterocycles. The Morgan fingerprint density at radius 3 is 0.826 bits per heavy atom. The van der Waals surface area contributed by atoms with E-state index >= 15 is 0 Å². The molecule has 0 spiro atoms. The van der Waals surface area contributed by atoms with Gasteiger partial charge in [-0.05, 0) is 34.6 Å². The second kappa shape index (κ2) is 13.0. The maximum Gasteiger partial charge on any atom is 0.402 e. The molecule has 4 nitrogen and oxygen atoms in total. The molecule has 0 aromatic carbocycles. The molecule has 0 N–H and O–H groups in total. The van der Waals surface area contributed by atoms with Crippen LogP contribution in [0.4, 0.5) is 92.2 Å². The standard InChI is InChI=1S/C12H5F21O3S.C8H20N/c1-2(13)3(14,15)4(16,17)5(18,19)6(20,21)7(22,23)8(24,25)9(26,27)10(28,29)11(30,31)12(32,33)37(34,35)36;1-5-9(6-2,7-3)8-4/h2H,1H3,(H,34,35,36);5-8H2,1-4H3/q;+1/p-1. The summed E-state index contributed by atoms with van der Waals surface area (Å²) in [7, 11) is -8.35. The Balaban J connectivity index is 0. The Morgan fingerprint density at radius 2 is 0.674 bits per heavy atom. The van der Waals surface area contributed by atoms with Gasteiger partial charge in [-0.1, -0.05) is 0 Å². The fraction of sp³-hybridized carbons (Fsp3) is 1.00. The van der Waals surface area contributed by atoms with Gasteiger partial charge in [0.2, 0.25) is 0 Å². The molecule has 280 valence electrons. The molecule has 0 aromatic rings. The predicted octanol–water partition coefficient (Wildman–Crippen LogP) is 8.08. The SMILES string of the molecule is CC(F)C(F)(F)C(F)(F)C(F)(F)C(F)(F)C(F)(F)C(F)(F)C(F)(F)C(F)(F)C(F)(F)C(F)(F)S(=O)(=O)[O-].CC[N+](CC)(CC)CC. The average Bonchev–Trinajstić information content (AvgIpc) is 2.88. The minimum absolute atomic E-state index is 0.851. The lowest BCUT2D eigenvalue weighted by Gasteiger charge is -2.45. The smallest absolute Gasteiger partial charge is 0.402 e. The zero-order chi connectivity index (χ0) is 38.4. The number of halogens is 21. The monoisotopic (exact) mass is 757 g/mol. The molecule has 0 amide bonds. The molecule has 0 saturated heterocycles. The summed E-state index contributed by atoms with van der Waals surface area (Å²) >= 11 is 0. The number of hydrogen-bond donors (Lipinski definition) is 0. The number of nitrogens with zero attached hydrogens (tertiary/aromatic N) is 1. The summed E-state index contributed by atoms with van der Waals surface area (Å²) in [5.74, 6) is -79.5. The third kappa shape index (κ3) is 6.42. The van der Waals surface area contributed by atoms with Crippen LogP contribution in [0.3, 0.4) is 0 Å². The van der Waals surface area contributed by atoms with Crippen molar-refractivity contribution in [2.75, 3.05) is 26.2 Å². The average molecular weight is 757 g/mol. The molecule has 46 heavy (non-hydrogen) atoms. The highest BCUT2D eigenvalue weighted by atomic mass is 32.2. The maximum atomic E-state index is 13.5. The molecule has 26 heteroatoms. The molecule has 1 unspecified atom stereocenters. The van der Waals surface area contributed by atoms with Gasteiger partial charge in [-0.25, -0.2) is 12.8 Å². The molecule has 0 radical (unpaired) electrons. The van der Waals surface area contributed by atoms with Crippen molar-refractivity contribution in [3.63, 3.8) is 0 Å². The van der Waals surface area contributed by atoms with Gasteiger partial charge in [0.1, 0.15) is 0 Å². The first-order valence-corrected chi connectivity index (χ1v) is 13.3. The Labute approximate surface area is 246 Å². The van der Waals surface area contributed by atoms with Crippen molar-refractivity contribution in [1.82, 2.24) is 0 Å². The highest BCUT2D eigenvalue weighted by Crippen LogP contribution is 2.66. The minimum atomic E-state index is -9.38. The number of alkyl halides is 21. The van der Waals surface area contributed by atoms with Gasteiger partial charge in [-0.15, -0.1) is 0 Å². The molecule has 0 bridgehead atoms. The first-order valence-electron chi connectivity index (χ1n) is 11.9. The first-order chi connectivity index (χ1) is 19.7. The van der Waals surface area contributed by atoms with Gasteiger partial charge in [0, 0.05) is 0 Å². The molecule has 0 aromatic heterocycles. The van der Waals surface area contributed by atoms with Crippen LogP contribution >= 0.6 is 0 Å². The molecule has 0 fully saturated rings. The van der Waals surface area contributed by atoms with E-state index in [0.29, 0.717) is 0 Å². The maximum absolute atomic E-state index is 13.5. The predicted molar refractivity (Wildman–Crippen MR) is 112 cm³/mol. The molecule has 1 atom stereocenters. The molecule has 0 aliphatic carbocycles. The first kappa shape index (κ1) is 46.5. The lowest BCUT2D eigenvalue weighted by Crippen LogP contribution is -2.77. The summed E-state index contributed by atoms with van der Waals surface area (Å²) in [4.78, 5) is 0. The van der Waals surface area contributed by atoms with Crippen molar-refractivity contribution in [1.29, 1.82) is 0 Å². The summed E-state index contributed by atoms with van der Waals surface area (Å²) in [6.45, 7) is 13.4. The van der Waals surface area contributed by atoms with E-state index in [1.54, 1.807) is 0 Å². The molecular weight excluding hydrogens is 733 g/mol. The van der Waals surface area contributed by atoms with E-state index < -0.39 is 81.8 Å². The van der Waals surface area contributed by atoms with Crippen molar-refractivity contribution in [3.8, 4) is 0 Å². The summed E-state index contributed by atoms with van der Waals surface area (Å²) < 4.78 is 309. The van der Waals surface area contributed by atoms with Crippen LogP contribution in [-0.2, 0) is 10.1 Å². The fourth-order valence-electron chi connectivity index (χ4n) is 3.32. The highest BCUT2D eigenvalue weighted by Gasteiger charge is 2.98. The molecular formula is C20H24F21NO3S. The van der Waals surface area contributed by atoms with Crippen LogP contribution in [0.2, 0.25) is 0 Å². The fourth-order valence-corrected chi connectivity index (χ4v) is 3.77. The van der Waals surface area contributed by atoms with Gasteiger partial charge in [0.05, 0.1) is 26.2 Å². The Bertz CT molecular complexity index is 1120. The quantitative estimate of drug-likeness (QED) is 0.0965. The summed E-state index contributed by atoms with van der Waals surface area (Å²) in [6, 6.07) is 0. The largest absolute Gasteiger partial charge is 0.743 e. The van der Waals surface area contributed by atoms with E-state index in [1.807, 2.05) is 0 Å². The summed E-state index contributed by atoms with van der Waals surface area (Å²) in [5, 5.41) is -8.17. The Morgan fingerprint density at radius 1 is 0.478 bits per heavy atom. The second-order valence-electron chi connectivity index (χ2n) is 9.41. The van der Waals surface area contributed by atoms with E-state index in [9.17, 15) is 105 Å². The third-order valence-corrected chi connectivity index (χ3v) is 7.93. The normalized spacial score (nSPS) is 16.6. The van der Waals surface area contributed by atoms with Crippen LogP contribution in [-0.4, -0.2) is 108 Å². The van der Waals surface area contributed by atoms with Crippen molar-refractivity contribution in [3.05, 3.63) is 0 Å². The highest BCUT2D eigenvalue weighted by molar-refractivity contribution is 7.86. The van der Waals surface area contributed by atoms with Crippen LogP contribution in [0.1, 0.15) is 34.6 Å². The van der Waals surface area contributed by atoms with Gasteiger partial charge in [-0.2, -0.15) is 87.8 Å². The topological polar surface area (TPSA) is 57.2 Å². The van der Waals surface area contributed by atoms with E-state index in [4.69, 9.17) is 0 Å². The van der Waals surface area contributed by atoms with Crippen molar-refractivity contribution in [2.45, 2.75) is 99.3 Å². The lowest BCUT2D eigenvalue weighted by atomic mass is 9.86. The zero-order valence-corrected chi connectivity index (χ0v) is 24.2. The van der Waals surface area contributed by atoms with Crippen LogP contribution in [0, 0.1) is 0 Å². The number of hydrogen-bond acceptors (Lipinski definition) is 3. The van der Waals surface area contributed by atoms with Gasteiger partial charge in [-0.3, -0.25) is 0 Å². The summed E-state index contributed by atoms with van der Waals surface area (Å²) in [5.41, 5.74) is 0.